The third-order valence-electron chi connectivity index (χ3n) is 3.50. The van der Waals surface area contributed by atoms with Gasteiger partial charge in [0.2, 0.25) is 0 Å². The van der Waals surface area contributed by atoms with E-state index in [0.29, 0.717) is 0 Å². The highest BCUT2D eigenvalue weighted by Crippen LogP contribution is 2.27. The van der Waals surface area contributed by atoms with Crippen LogP contribution in [0, 0.1) is 6.92 Å². The molecular weight excluding hydrogens is 250 g/mol. The first-order valence-electron chi connectivity index (χ1n) is 6.58. The van der Waals surface area contributed by atoms with Gasteiger partial charge in [0.25, 0.3) is 0 Å². The first-order chi connectivity index (χ1) is 9.70. The van der Waals surface area contributed by atoms with Crippen LogP contribution in [0.1, 0.15) is 11.3 Å². The van der Waals surface area contributed by atoms with Crippen molar-refractivity contribution >= 4 is 17.2 Å². The molecule has 0 unspecified atom stereocenters. The minimum atomic E-state index is -0.0449. The normalized spacial score (nSPS) is 10.9. The van der Waals surface area contributed by atoms with Crippen molar-refractivity contribution in [3.8, 4) is 0 Å². The summed E-state index contributed by atoms with van der Waals surface area (Å²) in [5, 5.41) is 9.66. The number of hydrogen-bond acceptors (Lipinski definition) is 3. The van der Waals surface area contributed by atoms with Crippen LogP contribution in [-0.4, -0.2) is 21.5 Å². The first-order valence-corrected chi connectivity index (χ1v) is 6.58. The molecule has 1 N–H and O–H groups in total. The summed E-state index contributed by atoms with van der Waals surface area (Å²) in [4.78, 5) is 6.61. The van der Waals surface area contributed by atoms with Crippen molar-refractivity contribution in [3.05, 3.63) is 59.9 Å². The Kier molecular flexibility index (Phi) is 3.16. The third kappa shape index (κ3) is 2.04. The Morgan fingerprint density at radius 3 is 2.60 bits per heavy atom. The molecule has 0 atom stereocenters. The number of imidazole rings is 1. The number of hydrogen-bond donors (Lipinski definition) is 1. The molecule has 102 valence electrons. The summed E-state index contributed by atoms with van der Waals surface area (Å²) >= 11 is 0. The fraction of sp³-hybridized carbons (Fsp3) is 0.188. The average Bonchev–Trinajstić information content (AvgIpc) is 2.85. The molecule has 0 saturated heterocycles. The van der Waals surface area contributed by atoms with E-state index in [1.807, 2.05) is 40.7 Å². The maximum absolute atomic E-state index is 9.66. The van der Waals surface area contributed by atoms with E-state index in [1.54, 1.807) is 0 Å². The van der Waals surface area contributed by atoms with Crippen LogP contribution in [-0.2, 0) is 6.61 Å². The Morgan fingerprint density at radius 2 is 1.90 bits per heavy atom. The van der Waals surface area contributed by atoms with Crippen LogP contribution in [0.2, 0.25) is 0 Å². The maximum atomic E-state index is 9.66. The minimum absolute atomic E-state index is 0.0449. The van der Waals surface area contributed by atoms with Gasteiger partial charge in [-0.2, -0.15) is 0 Å². The highest BCUT2D eigenvalue weighted by atomic mass is 16.3. The molecule has 3 rings (SSSR count). The molecule has 0 bridgehead atoms. The zero-order chi connectivity index (χ0) is 14.1. The average molecular weight is 267 g/mol. The van der Waals surface area contributed by atoms with Crippen molar-refractivity contribution in [2.45, 2.75) is 13.5 Å². The number of aliphatic hydroxyl groups is 1. The molecular formula is C16H17N3O. The fourth-order valence-electron chi connectivity index (χ4n) is 2.34. The number of benzene rings is 1. The molecule has 2 heterocycles. The molecule has 4 nitrogen and oxygen atoms in total. The predicted molar refractivity (Wildman–Crippen MR) is 80.4 cm³/mol. The molecule has 2 aromatic heterocycles. The largest absolute Gasteiger partial charge is 0.390 e. The number of rotatable bonds is 3. The molecule has 0 spiro atoms. The number of aliphatic hydroxyl groups excluding tert-OH is 1. The van der Waals surface area contributed by atoms with Gasteiger partial charge in [-0.15, -0.1) is 0 Å². The molecule has 4 heteroatoms. The van der Waals surface area contributed by atoms with E-state index in [4.69, 9.17) is 0 Å². The van der Waals surface area contributed by atoms with Crippen molar-refractivity contribution < 1.29 is 5.11 Å². The van der Waals surface area contributed by atoms with E-state index in [1.165, 1.54) is 5.56 Å². The van der Waals surface area contributed by atoms with Gasteiger partial charge in [0, 0.05) is 18.9 Å². The lowest BCUT2D eigenvalue weighted by Gasteiger charge is -2.18. The molecule has 0 fully saturated rings. The summed E-state index contributed by atoms with van der Waals surface area (Å²) in [6.45, 7) is 2.02. The van der Waals surface area contributed by atoms with Gasteiger partial charge in [-0.3, -0.25) is 4.40 Å². The number of fused-ring (bicyclic) bond motifs is 1. The van der Waals surface area contributed by atoms with E-state index in [0.717, 1.165) is 22.8 Å². The monoisotopic (exact) mass is 267 g/mol. The standard InChI is InChI=1S/C16H17N3O/c1-12-6-8-13(9-7-12)18(2)16-14(11-20)19-10-4-3-5-15(19)17-16/h3-10,20H,11H2,1-2H3. The topological polar surface area (TPSA) is 40.8 Å². The number of pyridine rings is 1. The number of aromatic nitrogens is 2. The second kappa shape index (κ2) is 4.98. The second-order valence-corrected chi connectivity index (χ2v) is 4.86. The van der Waals surface area contributed by atoms with Crippen molar-refractivity contribution in [1.29, 1.82) is 0 Å². The Balaban J connectivity index is 2.11. The van der Waals surface area contributed by atoms with Gasteiger partial charge < -0.3 is 10.0 Å². The molecule has 3 aromatic rings. The van der Waals surface area contributed by atoms with Crippen LogP contribution in [0.3, 0.4) is 0 Å². The van der Waals surface area contributed by atoms with Gasteiger partial charge >= 0.3 is 0 Å². The smallest absolute Gasteiger partial charge is 0.157 e. The predicted octanol–water partition coefficient (Wildman–Crippen LogP) is 2.90. The molecule has 20 heavy (non-hydrogen) atoms. The summed E-state index contributed by atoms with van der Waals surface area (Å²) in [6.07, 6.45) is 1.92. The van der Waals surface area contributed by atoms with Crippen molar-refractivity contribution in [1.82, 2.24) is 9.38 Å². The lowest BCUT2D eigenvalue weighted by molar-refractivity contribution is 0.276. The highest BCUT2D eigenvalue weighted by Gasteiger charge is 2.15. The summed E-state index contributed by atoms with van der Waals surface area (Å²) in [5.74, 6) is 0.780. The van der Waals surface area contributed by atoms with Crippen LogP contribution in [0.4, 0.5) is 11.5 Å². The number of anilines is 2. The molecule has 0 aliphatic heterocycles. The molecule has 0 saturated carbocycles. The second-order valence-electron chi connectivity index (χ2n) is 4.86. The third-order valence-corrected chi connectivity index (χ3v) is 3.50. The molecule has 1 aromatic carbocycles. The van der Waals surface area contributed by atoms with Gasteiger partial charge in [0.15, 0.2) is 5.82 Å². The van der Waals surface area contributed by atoms with Gasteiger partial charge in [0.1, 0.15) is 5.65 Å². The Bertz CT molecular complexity index is 731. The molecule has 0 aliphatic carbocycles. The molecule has 0 radical (unpaired) electrons. The minimum Gasteiger partial charge on any atom is -0.390 e. The maximum Gasteiger partial charge on any atom is 0.157 e. The van der Waals surface area contributed by atoms with E-state index >= 15 is 0 Å². The van der Waals surface area contributed by atoms with Crippen molar-refractivity contribution in [2.24, 2.45) is 0 Å². The zero-order valence-corrected chi connectivity index (χ0v) is 11.6. The van der Waals surface area contributed by atoms with Gasteiger partial charge in [-0.1, -0.05) is 23.8 Å². The number of nitrogens with zero attached hydrogens (tertiary/aromatic N) is 3. The SMILES string of the molecule is Cc1ccc(N(C)c2nc3ccccn3c2CO)cc1. The van der Waals surface area contributed by atoms with Gasteiger partial charge in [0.05, 0.1) is 12.3 Å². The fourth-order valence-corrected chi connectivity index (χ4v) is 2.34. The van der Waals surface area contributed by atoms with Crippen LogP contribution < -0.4 is 4.90 Å². The summed E-state index contributed by atoms with van der Waals surface area (Å²) in [6, 6.07) is 14.1. The highest BCUT2D eigenvalue weighted by molar-refractivity contribution is 5.65. The van der Waals surface area contributed by atoms with E-state index in [-0.39, 0.29) is 6.61 Å². The zero-order valence-electron chi connectivity index (χ0n) is 11.6. The van der Waals surface area contributed by atoms with Crippen LogP contribution in [0.15, 0.2) is 48.7 Å². The van der Waals surface area contributed by atoms with Crippen LogP contribution >= 0.6 is 0 Å². The van der Waals surface area contributed by atoms with Crippen LogP contribution in [0.5, 0.6) is 0 Å². The Hall–Kier alpha value is -2.33. The van der Waals surface area contributed by atoms with Gasteiger partial charge in [-0.05, 0) is 31.2 Å². The van der Waals surface area contributed by atoms with E-state index in [2.05, 4.69) is 36.2 Å². The Labute approximate surface area is 117 Å². The Morgan fingerprint density at radius 1 is 1.15 bits per heavy atom. The summed E-state index contributed by atoms with van der Waals surface area (Å²) in [7, 11) is 1.96. The first kappa shape index (κ1) is 12.7. The lowest BCUT2D eigenvalue weighted by atomic mass is 10.2. The summed E-state index contributed by atoms with van der Waals surface area (Å²) < 4.78 is 1.92. The van der Waals surface area contributed by atoms with E-state index in [9.17, 15) is 5.11 Å². The molecule has 0 amide bonds. The van der Waals surface area contributed by atoms with E-state index < -0.39 is 0 Å². The van der Waals surface area contributed by atoms with Crippen molar-refractivity contribution in [3.63, 3.8) is 0 Å². The quantitative estimate of drug-likeness (QED) is 0.793. The molecule has 0 aliphatic rings. The summed E-state index contributed by atoms with van der Waals surface area (Å²) in [5.41, 5.74) is 3.91. The number of aryl methyl sites for hydroxylation is 1. The lowest BCUT2D eigenvalue weighted by Crippen LogP contribution is -2.12. The van der Waals surface area contributed by atoms with Gasteiger partial charge in [-0.25, -0.2) is 4.98 Å². The van der Waals surface area contributed by atoms with Crippen LogP contribution in [0.25, 0.3) is 5.65 Å². The van der Waals surface area contributed by atoms with Crippen molar-refractivity contribution in [2.75, 3.05) is 11.9 Å².